The van der Waals surface area contributed by atoms with Crippen LogP contribution in [0.25, 0.3) is 0 Å². The molecule has 7 heteroatoms. The first-order chi connectivity index (χ1) is 12.1. The molecule has 2 aromatic rings. The number of rotatable bonds is 5. The molecule has 0 radical (unpaired) electrons. The van der Waals surface area contributed by atoms with Crippen molar-refractivity contribution >= 4 is 5.91 Å². The molecule has 1 amide bonds. The molecule has 6 nitrogen and oxygen atoms in total. The summed E-state index contributed by atoms with van der Waals surface area (Å²) in [5.74, 6) is 0.148. The number of hydrogen-bond donors (Lipinski definition) is 0. The van der Waals surface area contributed by atoms with Gasteiger partial charge in [-0.15, -0.1) is 0 Å². The summed E-state index contributed by atoms with van der Waals surface area (Å²) in [6.45, 7) is 4.03. The Morgan fingerprint density at radius 3 is 2.72 bits per heavy atom. The number of amides is 1. The normalized spacial score (nSPS) is 15.8. The number of nitrogens with zero attached hydrogens (tertiary/aromatic N) is 4. The van der Waals surface area contributed by atoms with Gasteiger partial charge in [0.05, 0.1) is 6.20 Å². The van der Waals surface area contributed by atoms with E-state index in [1.165, 1.54) is 29.8 Å². The van der Waals surface area contributed by atoms with E-state index < -0.39 is 0 Å². The monoisotopic (exact) mass is 346 g/mol. The van der Waals surface area contributed by atoms with Crippen LogP contribution in [0.1, 0.15) is 12.0 Å². The quantitative estimate of drug-likeness (QED) is 0.826. The zero-order chi connectivity index (χ0) is 17.6. The van der Waals surface area contributed by atoms with E-state index in [4.69, 9.17) is 4.74 Å². The van der Waals surface area contributed by atoms with Gasteiger partial charge in [-0.2, -0.15) is 5.10 Å². The third-order valence-electron chi connectivity index (χ3n) is 4.28. The average molecular weight is 346 g/mol. The number of benzene rings is 1. The fraction of sp³-hybridized carbons (Fsp3) is 0.444. The van der Waals surface area contributed by atoms with E-state index in [-0.39, 0.29) is 18.3 Å². The summed E-state index contributed by atoms with van der Waals surface area (Å²) in [7, 11) is 1.91. The molecule has 1 fully saturated rings. The van der Waals surface area contributed by atoms with E-state index >= 15 is 0 Å². The highest BCUT2D eigenvalue weighted by Gasteiger charge is 2.19. The predicted molar refractivity (Wildman–Crippen MR) is 91.6 cm³/mol. The average Bonchev–Trinajstić information content (AvgIpc) is 2.87. The van der Waals surface area contributed by atoms with Gasteiger partial charge in [0, 0.05) is 51.5 Å². The molecule has 0 atom stereocenters. The Kier molecular flexibility index (Phi) is 5.65. The molecule has 1 aliphatic rings. The van der Waals surface area contributed by atoms with E-state index in [1.807, 2.05) is 24.3 Å². The Hall–Kier alpha value is -2.41. The Labute approximate surface area is 146 Å². The van der Waals surface area contributed by atoms with Crippen LogP contribution in [0, 0.1) is 5.82 Å². The summed E-state index contributed by atoms with van der Waals surface area (Å²) in [4.78, 5) is 16.5. The van der Waals surface area contributed by atoms with Gasteiger partial charge in [0.2, 0.25) is 0 Å². The molecule has 0 N–H and O–H groups in total. The first-order valence-corrected chi connectivity index (χ1v) is 8.46. The predicted octanol–water partition coefficient (Wildman–Crippen LogP) is 1.67. The largest absolute Gasteiger partial charge is 0.484 e. The highest BCUT2D eigenvalue weighted by atomic mass is 19.1. The van der Waals surface area contributed by atoms with Gasteiger partial charge in [-0.25, -0.2) is 4.39 Å². The third-order valence-corrected chi connectivity index (χ3v) is 4.28. The summed E-state index contributed by atoms with van der Waals surface area (Å²) in [5, 5.41) is 4.19. The lowest BCUT2D eigenvalue weighted by molar-refractivity contribution is -0.133. The molecule has 1 saturated heterocycles. The second-order valence-corrected chi connectivity index (χ2v) is 6.28. The molecule has 0 spiro atoms. The van der Waals surface area contributed by atoms with Gasteiger partial charge in [-0.05, 0) is 30.7 Å². The topological polar surface area (TPSA) is 50.6 Å². The molecule has 1 aliphatic heterocycles. The molecule has 3 rings (SSSR count). The molecule has 0 bridgehead atoms. The van der Waals surface area contributed by atoms with Crippen LogP contribution in [0.15, 0.2) is 36.7 Å². The van der Waals surface area contributed by atoms with Gasteiger partial charge in [-0.1, -0.05) is 0 Å². The van der Waals surface area contributed by atoms with Crippen molar-refractivity contribution in [3.8, 4) is 5.75 Å². The number of carbonyl (C=O) groups is 1. The van der Waals surface area contributed by atoms with Crippen LogP contribution in [0.4, 0.5) is 4.39 Å². The zero-order valence-corrected chi connectivity index (χ0v) is 14.4. The van der Waals surface area contributed by atoms with Crippen molar-refractivity contribution in [1.29, 1.82) is 0 Å². The lowest BCUT2D eigenvalue weighted by atomic mass is 10.3. The van der Waals surface area contributed by atoms with Crippen molar-refractivity contribution in [1.82, 2.24) is 19.6 Å². The van der Waals surface area contributed by atoms with Crippen LogP contribution in [0.2, 0.25) is 0 Å². The standard InChI is InChI=1S/C18H23FN4O2/c1-21-12-15(11-20-21)13-22-7-2-8-23(10-9-22)18(24)14-25-17-5-3-16(19)4-6-17/h3-6,11-12H,2,7-10,13-14H2,1H3. The number of aryl methyl sites for hydroxylation is 1. The minimum absolute atomic E-state index is 0.0196. The van der Waals surface area contributed by atoms with E-state index in [1.54, 1.807) is 4.68 Å². The summed E-state index contributed by atoms with van der Waals surface area (Å²) >= 11 is 0. The maximum absolute atomic E-state index is 12.9. The number of carbonyl (C=O) groups excluding carboxylic acids is 1. The fourth-order valence-electron chi connectivity index (χ4n) is 2.96. The van der Waals surface area contributed by atoms with Crippen molar-refractivity contribution in [2.24, 2.45) is 7.05 Å². The van der Waals surface area contributed by atoms with Crippen molar-refractivity contribution in [3.63, 3.8) is 0 Å². The van der Waals surface area contributed by atoms with Gasteiger partial charge in [0.15, 0.2) is 6.61 Å². The van der Waals surface area contributed by atoms with Crippen LogP contribution in [0.5, 0.6) is 5.75 Å². The van der Waals surface area contributed by atoms with Crippen LogP contribution in [-0.4, -0.2) is 58.3 Å². The molecule has 134 valence electrons. The SMILES string of the molecule is Cn1cc(CN2CCCN(C(=O)COc3ccc(F)cc3)CC2)cn1. The van der Waals surface area contributed by atoms with Crippen LogP contribution < -0.4 is 4.74 Å². The van der Waals surface area contributed by atoms with Gasteiger partial charge in [0.25, 0.3) is 5.91 Å². The number of ether oxygens (including phenoxy) is 1. The van der Waals surface area contributed by atoms with Gasteiger partial charge >= 0.3 is 0 Å². The van der Waals surface area contributed by atoms with Gasteiger partial charge < -0.3 is 9.64 Å². The lowest BCUT2D eigenvalue weighted by Gasteiger charge is -2.21. The van der Waals surface area contributed by atoms with E-state index in [9.17, 15) is 9.18 Å². The van der Waals surface area contributed by atoms with E-state index in [0.29, 0.717) is 12.3 Å². The Morgan fingerprint density at radius 2 is 2.00 bits per heavy atom. The zero-order valence-electron chi connectivity index (χ0n) is 14.4. The molecule has 1 aromatic carbocycles. The molecular formula is C18H23FN4O2. The summed E-state index contributed by atoms with van der Waals surface area (Å²) in [6, 6.07) is 5.70. The van der Waals surface area contributed by atoms with Crippen molar-refractivity contribution in [2.45, 2.75) is 13.0 Å². The van der Waals surface area contributed by atoms with E-state index in [0.717, 1.165) is 32.6 Å². The molecule has 0 saturated carbocycles. The minimum atomic E-state index is -0.320. The van der Waals surface area contributed by atoms with Crippen LogP contribution >= 0.6 is 0 Å². The highest BCUT2D eigenvalue weighted by molar-refractivity contribution is 5.77. The first-order valence-electron chi connectivity index (χ1n) is 8.46. The minimum Gasteiger partial charge on any atom is -0.484 e. The van der Waals surface area contributed by atoms with Crippen molar-refractivity contribution < 1.29 is 13.9 Å². The summed E-state index contributed by atoms with van der Waals surface area (Å²) in [5.41, 5.74) is 1.18. The summed E-state index contributed by atoms with van der Waals surface area (Å²) in [6.07, 6.45) is 4.83. The van der Waals surface area contributed by atoms with Crippen LogP contribution in [0.3, 0.4) is 0 Å². The molecular weight excluding hydrogens is 323 g/mol. The second-order valence-electron chi connectivity index (χ2n) is 6.28. The number of aromatic nitrogens is 2. The Bertz CT molecular complexity index is 701. The molecule has 0 aliphatic carbocycles. The first kappa shape index (κ1) is 17.4. The third kappa shape index (κ3) is 5.03. The fourth-order valence-corrected chi connectivity index (χ4v) is 2.96. The molecule has 0 unspecified atom stereocenters. The Balaban J connectivity index is 1.46. The van der Waals surface area contributed by atoms with Gasteiger partial charge in [0.1, 0.15) is 11.6 Å². The van der Waals surface area contributed by atoms with Gasteiger partial charge in [-0.3, -0.25) is 14.4 Å². The maximum atomic E-state index is 12.9. The lowest BCUT2D eigenvalue weighted by Crippen LogP contribution is -2.38. The number of hydrogen-bond acceptors (Lipinski definition) is 4. The highest BCUT2D eigenvalue weighted by Crippen LogP contribution is 2.12. The van der Waals surface area contributed by atoms with Crippen molar-refractivity contribution in [2.75, 3.05) is 32.8 Å². The maximum Gasteiger partial charge on any atom is 0.260 e. The molecule has 2 heterocycles. The molecule has 1 aromatic heterocycles. The summed E-state index contributed by atoms with van der Waals surface area (Å²) < 4.78 is 20.1. The number of halogens is 1. The van der Waals surface area contributed by atoms with Crippen LogP contribution in [-0.2, 0) is 18.4 Å². The second kappa shape index (κ2) is 8.11. The Morgan fingerprint density at radius 1 is 1.20 bits per heavy atom. The smallest absolute Gasteiger partial charge is 0.260 e. The molecule has 25 heavy (non-hydrogen) atoms. The van der Waals surface area contributed by atoms with Crippen molar-refractivity contribution in [3.05, 3.63) is 48.0 Å². The van der Waals surface area contributed by atoms with E-state index in [2.05, 4.69) is 10.00 Å².